The minimum absolute atomic E-state index is 0.159. The number of carbonyl (C=O) groups is 1. The van der Waals surface area contributed by atoms with Crippen LogP contribution in [0.5, 0.6) is 5.75 Å². The summed E-state index contributed by atoms with van der Waals surface area (Å²) in [4.78, 5) is 10.9. The summed E-state index contributed by atoms with van der Waals surface area (Å²) in [7, 11) is 0. The summed E-state index contributed by atoms with van der Waals surface area (Å²) < 4.78 is 5.77. The zero-order chi connectivity index (χ0) is 14.7. The monoisotopic (exact) mass is 303 g/mol. The number of hydrogen-bond acceptors (Lipinski definition) is 4. The van der Waals surface area contributed by atoms with E-state index in [0.717, 1.165) is 17.6 Å². The molecule has 1 aliphatic rings. The minimum atomic E-state index is -0.777. The Morgan fingerprint density at radius 1 is 1.29 bits per heavy atom. The van der Waals surface area contributed by atoms with Crippen LogP contribution in [0, 0.1) is 0 Å². The van der Waals surface area contributed by atoms with Gasteiger partial charge in [0.1, 0.15) is 11.8 Å². The van der Waals surface area contributed by atoms with E-state index in [1.165, 1.54) is 5.39 Å². The van der Waals surface area contributed by atoms with Crippen molar-refractivity contribution in [3.05, 3.63) is 42.5 Å². The molecule has 0 spiro atoms. The van der Waals surface area contributed by atoms with Gasteiger partial charge in [-0.1, -0.05) is 30.3 Å². The highest BCUT2D eigenvalue weighted by molar-refractivity contribution is 8.00. The first kappa shape index (κ1) is 14.2. The first-order chi connectivity index (χ1) is 10.2. The lowest BCUT2D eigenvalue weighted by Gasteiger charge is -2.12. The van der Waals surface area contributed by atoms with Crippen molar-refractivity contribution in [1.82, 2.24) is 5.32 Å². The summed E-state index contributed by atoms with van der Waals surface area (Å²) in [6.07, 6.45) is 0.793. The SMILES string of the molecule is O=C(O)C1CSC(CCOc2ccc3ccccc3c2)N1. The van der Waals surface area contributed by atoms with Crippen molar-refractivity contribution in [3.8, 4) is 5.75 Å². The topological polar surface area (TPSA) is 58.6 Å². The van der Waals surface area contributed by atoms with Crippen LogP contribution in [0.4, 0.5) is 0 Å². The van der Waals surface area contributed by atoms with E-state index in [-0.39, 0.29) is 5.37 Å². The van der Waals surface area contributed by atoms with Gasteiger partial charge in [-0.3, -0.25) is 10.1 Å². The molecule has 0 aliphatic carbocycles. The summed E-state index contributed by atoms with van der Waals surface area (Å²) in [6, 6.07) is 13.8. The quantitative estimate of drug-likeness (QED) is 0.889. The number of fused-ring (bicyclic) bond motifs is 1. The zero-order valence-corrected chi connectivity index (χ0v) is 12.3. The molecule has 21 heavy (non-hydrogen) atoms. The van der Waals surface area contributed by atoms with Crippen LogP contribution in [0.3, 0.4) is 0 Å². The molecular formula is C16H17NO3S. The largest absolute Gasteiger partial charge is 0.493 e. The van der Waals surface area contributed by atoms with Crippen molar-refractivity contribution in [2.24, 2.45) is 0 Å². The van der Waals surface area contributed by atoms with Gasteiger partial charge < -0.3 is 9.84 Å². The van der Waals surface area contributed by atoms with Crippen LogP contribution in [-0.4, -0.2) is 34.9 Å². The van der Waals surface area contributed by atoms with Crippen molar-refractivity contribution in [3.63, 3.8) is 0 Å². The maximum Gasteiger partial charge on any atom is 0.321 e. The summed E-state index contributed by atoms with van der Waals surface area (Å²) in [5, 5.41) is 14.5. The van der Waals surface area contributed by atoms with Gasteiger partial charge in [-0.05, 0) is 22.9 Å². The Labute approximate surface area is 127 Å². The van der Waals surface area contributed by atoms with E-state index in [9.17, 15) is 4.79 Å². The molecule has 1 aliphatic heterocycles. The van der Waals surface area contributed by atoms with Crippen molar-refractivity contribution in [1.29, 1.82) is 0 Å². The van der Waals surface area contributed by atoms with Gasteiger partial charge in [0.25, 0.3) is 0 Å². The van der Waals surface area contributed by atoms with Crippen molar-refractivity contribution >= 4 is 28.5 Å². The Balaban J connectivity index is 1.52. The van der Waals surface area contributed by atoms with Gasteiger partial charge in [-0.15, -0.1) is 11.8 Å². The molecule has 0 aromatic heterocycles. The Morgan fingerprint density at radius 2 is 2.10 bits per heavy atom. The Hall–Kier alpha value is -1.72. The molecule has 4 nitrogen and oxygen atoms in total. The number of nitrogens with one attached hydrogen (secondary N) is 1. The fraction of sp³-hybridized carbons (Fsp3) is 0.312. The number of aliphatic carboxylic acids is 1. The molecule has 1 saturated heterocycles. The van der Waals surface area contributed by atoms with Crippen molar-refractivity contribution in [2.75, 3.05) is 12.4 Å². The standard InChI is InChI=1S/C16H17NO3S/c18-16(19)14-10-21-15(17-14)7-8-20-13-6-5-11-3-1-2-4-12(11)9-13/h1-6,9,14-15,17H,7-8,10H2,(H,18,19). The van der Waals surface area contributed by atoms with Gasteiger partial charge in [0.2, 0.25) is 0 Å². The van der Waals surface area contributed by atoms with Crippen LogP contribution < -0.4 is 10.1 Å². The molecule has 3 rings (SSSR count). The van der Waals surface area contributed by atoms with Crippen LogP contribution in [0.2, 0.25) is 0 Å². The Morgan fingerprint density at radius 3 is 2.86 bits per heavy atom. The predicted molar refractivity (Wildman–Crippen MR) is 84.9 cm³/mol. The van der Waals surface area contributed by atoms with Crippen molar-refractivity contribution < 1.29 is 14.6 Å². The molecule has 0 saturated carbocycles. The van der Waals surface area contributed by atoms with Crippen LogP contribution in [-0.2, 0) is 4.79 Å². The lowest BCUT2D eigenvalue weighted by atomic mass is 10.1. The molecule has 2 aromatic rings. The van der Waals surface area contributed by atoms with E-state index in [1.807, 2.05) is 30.3 Å². The van der Waals surface area contributed by atoms with E-state index in [2.05, 4.69) is 17.4 Å². The molecule has 2 unspecified atom stereocenters. The van der Waals surface area contributed by atoms with E-state index in [4.69, 9.17) is 9.84 Å². The van der Waals surface area contributed by atoms with E-state index in [0.29, 0.717) is 12.4 Å². The highest BCUT2D eigenvalue weighted by atomic mass is 32.2. The van der Waals surface area contributed by atoms with Gasteiger partial charge >= 0.3 is 5.97 Å². The molecule has 0 radical (unpaired) electrons. The molecule has 5 heteroatoms. The summed E-state index contributed by atoms with van der Waals surface area (Å²) >= 11 is 1.64. The predicted octanol–water partition coefficient (Wildman–Crippen LogP) is 2.72. The normalized spacial score (nSPS) is 21.5. The molecule has 1 heterocycles. The zero-order valence-electron chi connectivity index (χ0n) is 11.5. The highest BCUT2D eigenvalue weighted by Gasteiger charge is 2.28. The number of hydrogen-bond donors (Lipinski definition) is 2. The molecule has 0 bridgehead atoms. The molecule has 2 aromatic carbocycles. The van der Waals surface area contributed by atoms with Gasteiger partial charge in [0, 0.05) is 12.2 Å². The summed E-state index contributed by atoms with van der Waals surface area (Å²) in [6.45, 7) is 0.579. The first-order valence-corrected chi connectivity index (χ1v) is 7.99. The first-order valence-electron chi connectivity index (χ1n) is 6.94. The van der Waals surface area contributed by atoms with E-state index < -0.39 is 12.0 Å². The number of thioether (sulfide) groups is 1. The van der Waals surface area contributed by atoms with Crippen LogP contribution >= 0.6 is 11.8 Å². The molecule has 110 valence electrons. The number of benzene rings is 2. The van der Waals surface area contributed by atoms with E-state index >= 15 is 0 Å². The minimum Gasteiger partial charge on any atom is -0.493 e. The average molecular weight is 303 g/mol. The van der Waals surface area contributed by atoms with Gasteiger partial charge in [0.05, 0.1) is 12.0 Å². The number of carboxylic acid groups (broad SMARTS) is 1. The van der Waals surface area contributed by atoms with Gasteiger partial charge in [0.15, 0.2) is 0 Å². The second kappa shape index (κ2) is 6.37. The number of ether oxygens (including phenoxy) is 1. The second-order valence-corrected chi connectivity index (χ2v) is 6.26. The molecule has 1 fully saturated rings. The van der Waals surface area contributed by atoms with Crippen LogP contribution in [0.25, 0.3) is 10.8 Å². The molecule has 0 amide bonds. The molecule has 2 atom stereocenters. The van der Waals surface area contributed by atoms with Gasteiger partial charge in [-0.2, -0.15) is 0 Å². The number of rotatable bonds is 5. The third kappa shape index (κ3) is 3.49. The third-order valence-electron chi connectivity index (χ3n) is 3.52. The van der Waals surface area contributed by atoms with E-state index in [1.54, 1.807) is 11.8 Å². The lowest BCUT2D eigenvalue weighted by Crippen LogP contribution is -2.36. The van der Waals surface area contributed by atoms with Crippen LogP contribution in [0.15, 0.2) is 42.5 Å². The maximum atomic E-state index is 10.9. The maximum absolute atomic E-state index is 10.9. The van der Waals surface area contributed by atoms with Crippen molar-refractivity contribution in [2.45, 2.75) is 17.8 Å². The number of carboxylic acids is 1. The lowest BCUT2D eigenvalue weighted by molar-refractivity contribution is -0.138. The third-order valence-corrected chi connectivity index (χ3v) is 4.82. The second-order valence-electron chi connectivity index (χ2n) is 5.03. The Kier molecular flexibility index (Phi) is 4.31. The highest BCUT2D eigenvalue weighted by Crippen LogP contribution is 2.23. The van der Waals surface area contributed by atoms with Gasteiger partial charge in [-0.25, -0.2) is 0 Å². The average Bonchev–Trinajstić information content (AvgIpc) is 2.96. The summed E-state index contributed by atoms with van der Waals surface area (Å²) in [5.41, 5.74) is 0. The molecular weight excluding hydrogens is 286 g/mol. The summed E-state index contributed by atoms with van der Waals surface area (Å²) in [5.74, 6) is 0.697. The van der Waals surface area contributed by atoms with Crippen LogP contribution in [0.1, 0.15) is 6.42 Å². The molecule has 2 N–H and O–H groups in total. The smallest absolute Gasteiger partial charge is 0.321 e. The fourth-order valence-corrected chi connectivity index (χ4v) is 3.57. The fourth-order valence-electron chi connectivity index (χ4n) is 2.38. The Bertz CT molecular complexity index is 646.